The second kappa shape index (κ2) is 5.45. The number of rotatable bonds is 4. The van der Waals surface area contributed by atoms with Gasteiger partial charge in [-0.15, -0.1) is 0 Å². The monoisotopic (exact) mass is 338 g/mol. The Morgan fingerprint density at radius 2 is 1.96 bits per heavy atom. The van der Waals surface area contributed by atoms with Gasteiger partial charge in [-0.2, -0.15) is 0 Å². The van der Waals surface area contributed by atoms with Gasteiger partial charge in [0, 0.05) is 18.3 Å². The van der Waals surface area contributed by atoms with Crippen molar-refractivity contribution in [3.8, 4) is 0 Å². The third-order valence-corrected chi connectivity index (χ3v) is 4.69. The lowest BCUT2D eigenvalue weighted by molar-refractivity contribution is -0.146. The number of para-hydroxylation sites is 1. The highest BCUT2D eigenvalue weighted by Gasteiger charge is 2.75. The molecule has 1 aromatic rings. The number of benzene rings is 1. The van der Waals surface area contributed by atoms with Crippen LogP contribution >= 0.6 is 0 Å². The minimum Gasteiger partial charge on any atom is -0.481 e. The van der Waals surface area contributed by atoms with Gasteiger partial charge in [0.05, 0.1) is 11.6 Å². The number of amides is 1. The number of carboxylic acids is 2. The zero-order valence-electron chi connectivity index (χ0n) is 12.3. The Morgan fingerprint density at radius 3 is 2.54 bits per heavy atom. The first-order valence-electron chi connectivity index (χ1n) is 7.23. The first kappa shape index (κ1) is 16.2. The maximum atomic E-state index is 13.5. The standard InChI is InChI=1S/C15H15FN2O6/c16-6-3-1-2-4-7(6)18-14(23)24-8-5-15(17,13(21)22)11-9(8)10(11)12(19)20/h1-4,8-11H,5,17H2,(H,18,23)(H,19,20)(H,21,22)/t8-,9-,10-,11+,15-/m1/s1. The highest BCUT2D eigenvalue weighted by Crippen LogP contribution is 2.62. The molecule has 0 bridgehead atoms. The lowest BCUT2D eigenvalue weighted by Gasteiger charge is -2.24. The number of anilines is 1. The first-order valence-corrected chi connectivity index (χ1v) is 7.23. The van der Waals surface area contributed by atoms with Crippen LogP contribution in [-0.2, 0) is 14.3 Å². The molecule has 9 heteroatoms. The lowest BCUT2D eigenvalue weighted by atomic mass is 9.91. The van der Waals surface area contributed by atoms with E-state index in [0.29, 0.717) is 0 Å². The van der Waals surface area contributed by atoms with Gasteiger partial charge in [0.25, 0.3) is 0 Å². The van der Waals surface area contributed by atoms with E-state index in [1.54, 1.807) is 0 Å². The van der Waals surface area contributed by atoms with Gasteiger partial charge in [-0.25, -0.2) is 9.18 Å². The number of carboxylic acid groups (broad SMARTS) is 2. The molecule has 0 heterocycles. The van der Waals surface area contributed by atoms with Gasteiger partial charge in [0.2, 0.25) is 0 Å². The van der Waals surface area contributed by atoms with Crippen molar-refractivity contribution in [2.24, 2.45) is 23.5 Å². The summed E-state index contributed by atoms with van der Waals surface area (Å²) in [6.45, 7) is 0. The molecule has 2 aliphatic carbocycles. The molecule has 5 atom stereocenters. The van der Waals surface area contributed by atoms with Crippen molar-refractivity contribution in [3.63, 3.8) is 0 Å². The van der Waals surface area contributed by atoms with Crippen LogP contribution in [0.1, 0.15) is 6.42 Å². The number of fused-ring (bicyclic) bond motifs is 1. The number of carbonyl (C=O) groups is 3. The summed E-state index contributed by atoms with van der Waals surface area (Å²) in [5.41, 5.74) is 3.97. The Balaban J connectivity index is 1.71. The fraction of sp³-hybridized carbons (Fsp3) is 0.400. The summed E-state index contributed by atoms with van der Waals surface area (Å²) in [6, 6.07) is 5.44. The number of halogens is 1. The summed E-state index contributed by atoms with van der Waals surface area (Å²) in [4.78, 5) is 34.5. The molecule has 2 fully saturated rings. The molecule has 8 nitrogen and oxygen atoms in total. The highest BCUT2D eigenvalue weighted by atomic mass is 19.1. The smallest absolute Gasteiger partial charge is 0.411 e. The van der Waals surface area contributed by atoms with Crippen LogP contribution < -0.4 is 11.1 Å². The molecule has 5 N–H and O–H groups in total. The molecule has 128 valence electrons. The molecule has 0 spiro atoms. The van der Waals surface area contributed by atoms with Crippen molar-refractivity contribution in [1.29, 1.82) is 0 Å². The van der Waals surface area contributed by atoms with Crippen LogP contribution in [0.3, 0.4) is 0 Å². The summed E-state index contributed by atoms with van der Waals surface area (Å²) in [7, 11) is 0. The van der Waals surface area contributed by atoms with E-state index in [1.807, 2.05) is 0 Å². The number of hydrogen-bond donors (Lipinski definition) is 4. The van der Waals surface area contributed by atoms with E-state index in [4.69, 9.17) is 15.6 Å². The Bertz CT molecular complexity index is 726. The predicted octanol–water partition coefficient (Wildman–Crippen LogP) is 0.875. The van der Waals surface area contributed by atoms with Crippen molar-refractivity contribution in [1.82, 2.24) is 0 Å². The summed E-state index contributed by atoms with van der Waals surface area (Å²) >= 11 is 0. The molecular formula is C15H15FN2O6. The normalized spacial score (nSPS) is 33.4. The summed E-state index contributed by atoms with van der Waals surface area (Å²) in [5.74, 6) is -5.59. The van der Waals surface area contributed by atoms with Crippen molar-refractivity contribution in [2.75, 3.05) is 5.32 Å². The van der Waals surface area contributed by atoms with Gasteiger partial charge >= 0.3 is 18.0 Å². The van der Waals surface area contributed by atoms with E-state index in [1.165, 1.54) is 18.2 Å². The number of hydrogen-bond acceptors (Lipinski definition) is 5. The zero-order chi connectivity index (χ0) is 17.6. The van der Waals surface area contributed by atoms with Crippen LogP contribution in [0.2, 0.25) is 0 Å². The third kappa shape index (κ3) is 2.46. The molecule has 0 unspecified atom stereocenters. The maximum Gasteiger partial charge on any atom is 0.411 e. The molecular weight excluding hydrogens is 323 g/mol. The van der Waals surface area contributed by atoms with Gasteiger partial charge in [-0.3, -0.25) is 14.9 Å². The third-order valence-electron chi connectivity index (χ3n) is 4.69. The number of aliphatic carboxylic acids is 2. The van der Waals surface area contributed by atoms with E-state index in [9.17, 15) is 23.9 Å². The molecule has 2 aliphatic rings. The van der Waals surface area contributed by atoms with Crippen LogP contribution in [0, 0.1) is 23.6 Å². The van der Waals surface area contributed by atoms with Gasteiger partial charge in [-0.1, -0.05) is 12.1 Å². The fourth-order valence-electron chi connectivity index (χ4n) is 3.57. The van der Waals surface area contributed by atoms with Gasteiger partial charge in [-0.05, 0) is 12.1 Å². The number of ether oxygens (including phenoxy) is 1. The summed E-state index contributed by atoms with van der Waals surface area (Å²) in [5, 5.41) is 20.6. The van der Waals surface area contributed by atoms with Crippen molar-refractivity contribution >= 4 is 23.7 Å². The first-order chi connectivity index (χ1) is 11.3. The minimum atomic E-state index is -1.75. The second-order valence-corrected chi connectivity index (χ2v) is 6.07. The number of carbonyl (C=O) groups excluding carboxylic acids is 1. The topological polar surface area (TPSA) is 139 Å². The molecule has 3 rings (SSSR count). The van der Waals surface area contributed by atoms with Crippen LogP contribution in [0.4, 0.5) is 14.9 Å². The van der Waals surface area contributed by atoms with Gasteiger partial charge in [0.1, 0.15) is 17.5 Å². The molecule has 2 saturated carbocycles. The minimum absolute atomic E-state index is 0.0973. The maximum absolute atomic E-state index is 13.5. The number of nitrogens with two attached hydrogens (primary N) is 1. The summed E-state index contributed by atoms with van der Waals surface area (Å²) < 4.78 is 18.6. The lowest BCUT2D eigenvalue weighted by Crippen LogP contribution is -2.51. The summed E-state index contributed by atoms with van der Waals surface area (Å²) in [6.07, 6.45) is -2.13. The van der Waals surface area contributed by atoms with Gasteiger partial charge in [0.15, 0.2) is 0 Å². The molecule has 1 aromatic carbocycles. The highest BCUT2D eigenvalue weighted by molar-refractivity contribution is 5.87. The van der Waals surface area contributed by atoms with E-state index in [2.05, 4.69) is 5.32 Å². The van der Waals surface area contributed by atoms with Crippen molar-refractivity contribution in [2.45, 2.75) is 18.1 Å². The quantitative estimate of drug-likeness (QED) is 0.639. The number of nitrogens with one attached hydrogen (secondary N) is 1. The fourth-order valence-corrected chi connectivity index (χ4v) is 3.57. The van der Waals surface area contributed by atoms with Crippen LogP contribution in [0.15, 0.2) is 24.3 Å². The SMILES string of the molecule is N[C@]1(C(=O)O)C[C@@H](OC(=O)Nc2ccccc2F)[C@@H]2[C@@H](C(=O)O)[C@H]21. The second-order valence-electron chi connectivity index (χ2n) is 6.07. The van der Waals surface area contributed by atoms with Gasteiger partial charge < -0.3 is 20.7 Å². The molecule has 0 aliphatic heterocycles. The van der Waals surface area contributed by atoms with E-state index in [-0.39, 0.29) is 12.1 Å². The average molecular weight is 338 g/mol. The predicted molar refractivity (Wildman–Crippen MR) is 77.6 cm³/mol. The molecule has 0 radical (unpaired) electrons. The molecule has 24 heavy (non-hydrogen) atoms. The van der Waals surface area contributed by atoms with Crippen LogP contribution in [-0.4, -0.2) is 39.9 Å². The molecule has 1 amide bonds. The van der Waals surface area contributed by atoms with Crippen molar-refractivity contribution < 1.29 is 33.7 Å². The van der Waals surface area contributed by atoms with Crippen LogP contribution in [0.5, 0.6) is 0 Å². The molecule has 0 saturated heterocycles. The van der Waals surface area contributed by atoms with E-state index >= 15 is 0 Å². The Labute approximate surface area is 135 Å². The van der Waals surface area contributed by atoms with Crippen molar-refractivity contribution in [3.05, 3.63) is 30.1 Å². The average Bonchev–Trinajstić information content (AvgIpc) is 3.18. The Kier molecular flexibility index (Phi) is 3.67. The Hall–Kier alpha value is -2.68. The van der Waals surface area contributed by atoms with E-state index in [0.717, 1.165) is 6.07 Å². The molecule has 0 aromatic heterocycles. The Morgan fingerprint density at radius 1 is 1.29 bits per heavy atom. The zero-order valence-corrected chi connectivity index (χ0v) is 12.3. The van der Waals surface area contributed by atoms with Crippen LogP contribution in [0.25, 0.3) is 0 Å². The largest absolute Gasteiger partial charge is 0.481 e. The van der Waals surface area contributed by atoms with E-state index < -0.39 is 53.2 Å².